The second kappa shape index (κ2) is 4.28. The fraction of sp³-hybridized carbons (Fsp3) is 0.900. The maximum Gasteiger partial charge on any atom is 0.321 e. The van der Waals surface area contributed by atoms with Crippen molar-refractivity contribution in [3.8, 4) is 0 Å². The highest BCUT2D eigenvalue weighted by molar-refractivity contribution is 5.74. The predicted octanol–water partition coefficient (Wildman–Crippen LogP) is 0.145. The van der Waals surface area contributed by atoms with Crippen molar-refractivity contribution >= 4 is 5.97 Å². The zero-order valence-corrected chi connectivity index (χ0v) is 8.41. The molecule has 0 aromatic heterocycles. The number of hydrogen-bond donors (Lipinski definition) is 2. The van der Waals surface area contributed by atoms with Gasteiger partial charge >= 0.3 is 5.97 Å². The summed E-state index contributed by atoms with van der Waals surface area (Å²) in [6, 6.07) is -0.310. The number of aliphatic carboxylic acids is 1. The van der Waals surface area contributed by atoms with Gasteiger partial charge in [-0.1, -0.05) is 0 Å². The Bertz CT molecular complexity index is 214. The summed E-state index contributed by atoms with van der Waals surface area (Å²) >= 11 is 0. The van der Waals surface area contributed by atoms with Crippen molar-refractivity contribution in [1.29, 1.82) is 0 Å². The van der Waals surface area contributed by atoms with Gasteiger partial charge in [0, 0.05) is 6.54 Å². The first-order valence-corrected chi connectivity index (χ1v) is 5.46. The quantitative estimate of drug-likeness (QED) is 0.677. The molecule has 2 aliphatic rings. The number of nitrogens with zero attached hydrogens (tertiary/aromatic N) is 1. The van der Waals surface area contributed by atoms with E-state index in [4.69, 9.17) is 5.11 Å². The molecule has 0 saturated carbocycles. The highest BCUT2D eigenvalue weighted by Crippen LogP contribution is 2.19. The molecule has 2 fully saturated rings. The average Bonchev–Trinajstić information content (AvgIpc) is 2.75. The van der Waals surface area contributed by atoms with Crippen LogP contribution in [0.2, 0.25) is 0 Å². The highest BCUT2D eigenvalue weighted by Gasteiger charge is 2.33. The van der Waals surface area contributed by atoms with Crippen LogP contribution in [0, 0.1) is 5.92 Å². The van der Waals surface area contributed by atoms with Crippen molar-refractivity contribution in [2.75, 3.05) is 26.2 Å². The second-order valence-corrected chi connectivity index (χ2v) is 4.33. The summed E-state index contributed by atoms with van der Waals surface area (Å²) in [5.74, 6) is -0.378. The lowest BCUT2D eigenvalue weighted by molar-refractivity contribution is -0.140. The molecule has 0 aliphatic carbocycles. The summed E-state index contributed by atoms with van der Waals surface area (Å²) in [5.41, 5.74) is 0. The maximum atomic E-state index is 10.9. The minimum atomic E-state index is -0.688. The minimum absolute atomic E-state index is 0.310. The lowest BCUT2D eigenvalue weighted by atomic mass is 10.0. The lowest BCUT2D eigenvalue weighted by Crippen LogP contribution is -2.40. The fourth-order valence-corrected chi connectivity index (χ4v) is 2.54. The van der Waals surface area contributed by atoms with Crippen molar-refractivity contribution in [3.05, 3.63) is 0 Å². The van der Waals surface area contributed by atoms with Crippen LogP contribution in [0.3, 0.4) is 0 Å². The molecule has 14 heavy (non-hydrogen) atoms. The Morgan fingerprint density at radius 2 is 2.14 bits per heavy atom. The molecule has 2 heterocycles. The Morgan fingerprint density at radius 3 is 2.79 bits per heavy atom. The van der Waals surface area contributed by atoms with Gasteiger partial charge in [-0.2, -0.15) is 0 Å². The molecule has 2 aliphatic heterocycles. The van der Waals surface area contributed by atoms with Crippen LogP contribution in [0.1, 0.15) is 19.3 Å². The van der Waals surface area contributed by atoms with E-state index in [-0.39, 0.29) is 6.04 Å². The third kappa shape index (κ3) is 2.07. The SMILES string of the molecule is O=C(O)[C@@H]1NCC[C@H]1CN1CCCC1. The first-order valence-electron chi connectivity index (χ1n) is 5.46. The predicted molar refractivity (Wildman–Crippen MR) is 53.2 cm³/mol. The summed E-state index contributed by atoms with van der Waals surface area (Å²) in [4.78, 5) is 13.3. The first-order chi connectivity index (χ1) is 6.77. The summed E-state index contributed by atoms with van der Waals surface area (Å²) in [6.45, 7) is 4.13. The lowest BCUT2D eigenvalue weighted by Gasteiger charge is -2.22. The fourth-order valence-electron chi connectivity index (χ4n) is 2.54. The van der Waals surface area contributed by atoms with Crippen LogP contribution in [0.5, 0.6) is 0 Å². The van der Waals surface area contributed by atoms with Gasteiger partial charge in [0.15, 0.2) is 0 Å². The molecule has 80 valence electrons. The van der Waals surface area contributed by atoms with Gasteiger partial charge in [-0.05, 0) is 44.8 Å². The molecule has 2 saturated heterocycles. The average molecular weight is 198 g/mol. The van der Waals surface area contributed by atoms with Crippen molar-refractivity contribution < 1.29 is 9.90 Å². The molecule has 2 rings (SSSR count). The van der Waals surface area contributed by atoms with Crippen LogP contribution in [0.25, 0.3) is 0 Å². The van der Waals surface area contributed by atoms with Crippen molar-refractivity contribution in [2.24, 2.45) is 5.92 Å². The Labute approximate surface area is 84.3 Å². The Morgan fingerprint density at radius 1 is 1.43 bits per heavy atom. The van der Waals surface area contributed by atoms with E-state index in [0.29, 0.717) is 5.92 Å². The Hall–Kier alpha value is -0.610. The topological polar surface area (TPSA) is 52.6 Å². The number of hydrogen-bond acceptors (Lipinski definition) is 3. The van der Waals surface area contributed by atoms with Gasteiger partial charge in [0.2, 0.25) is 0 Å². The van der Waals surface area contributed by atoms with Gasteiger partial charge in [0.25, 0.3) is 0 Å². The van der Waals surface area contributed by atoms with Gasteiger partial charge < -0.3 is 15.3 Å². The highest BCUT2D eigenvalue weighted by atomic mass is 16.4. The minimum Gasteiger partial charge on any atom is -0.480 e. The number of likely N-dealkylation sites (tertiary alicyclic amines) is 1. The monoisotopic (exact) mass is 198 g/mol. The van der Waals surface area contributed by atoms with E-state index in [9.17, 15) is 4.79 Å². The van der Waals surface area contributed by atoms with E-state index < -0.39 is 5.97 Å². The summed E-state index contributed by atoms with van der Waals surface area (Å²) in [6.07, 6.45) is 3.56. The largest absolute Gasteiger partial charge is 0.480 e. The van der Waals surface area contributed by atoms with E-state index in [1.165, 1.54) is 12.8 Å². The molecule has 0 amide bonds. The molecule has 0 spiro atoms. The van der Waals surface area contributed by atoms with Gasteiger partial charge in [-0.25, -0.2) is 0 Å². The first kappa shape index (κ1) is 9.93. The van der Waals surface area contributed by atoms with E-state index in [0.717, 1.165) is 32.6 Å². The maximum absolute atomic E-state index is 10.9. The molecule has 2 N–H and O–H groups in total. The second-order valence-electron chi connectivity index (χ2n) is 4.33. The molecule has 0 unspecified atom stereocenters. The molecule has 2 atom stereocenters. The molecular weight excluding hydrogens is 180 g/mol. The Kier molecular flexibility index (Phi) is 3.03. The molecular formula is C10H18N2O2. The molecule has 0 bridgehead atoms. The van der Waals surface area contributed by atoms with Gasteiger partial charge in [0.1, 0.15) is 6.04 Å². The van der Waals surface area contributed by atoms with Crippen LogP contribution >= 0.6 is 0 Å². The number of carboxylic acid groups (broad SMARTS) is 1. The third-order valence-corrected chi connectivity index (χ3v) is 3.31. The zero-order valence-electron chi connectivity index (χ0n) is 8.41. The van der Waals surface area contributed by atoms with Crippen LogP contribution in [-0.4, -0.2) is 48.2 Å². The summed E-state index contributed by atoms with van der Waals surface area (Å²) in [7, 11) is 0. The number of rotatable bonds is 3. The normalized spacial score (nSPS) is 33.7. The van der Waals surface area contributed by atoms with Gasteiger partial charge in [-0.3, -0.25) is 4.79 Å². The number of carbonyl (C=O) groups is 1. The smallest absolute Gasteiger partial charge is 0.321 e. The third-order valence-electron chi connectivity index (χ3n) is 3.31. The molecule has 0 aromatic carbocycles. The molecule has 0 radical (unpaired) electrons. The molecule has 0 aromatic rings. The Balaban J connectivity index is 1.86. The molecule has 4 heteroatoms. The van der Waals surface area contributed by atoms with Crippen LogP contribution in [0.4, 0.5) is 0 Å². The van der Waals surface area contributed by atoms with Crippen molar-refractivity contribution in [3.63, 3.8) is 0 Å². The number of nitrogens with one attached hydrogen (secondary N) is 1. The van der Waals surface area contributed by atoms with E-state index in [1.54, 1.807) is 0 Å². The standard InChI is InChI=1S/C10H18N2O2/c13-10(14)9-8(3-4-11-9)7-12-5-1-2-6-12/h8-9,11H,1-7H2,(H,13,14)/t8-,9+/m0/s1. The zero-order chi connectivity index (χ0) is 9.97. The van der Waals surface area contributed by atoms with Crippen molar-refractivity contribution in [1.82, 2.24) is 10.2 Å². The molecule has 4 nitrogen and oxygen atoms in total. The van der Waals surface area contributed by atoms with Crippen LogP contribution in [-0.2, 0) is 4.79 Å². The van der Waals surface area contributed by atoms with Crippen LogP contribution < -0.4 is 5.32 Å². The number of carboxylic acids is 1. The van der Waals surface area contributed by atoms with Gasteiger partial charge in [-0.15, -0.1) is 0 Å². The van der Waals surface area contributed by atoms with Crippen LogP contribution in [0.15, 0.2) is 0 Å². The van der Waals surface area contributed by atoms with E-state index in [1.807, 2.05) is 0 Å². The van der Waals surface area contributed by atoms with E-state index >= 15 is 0 Å². The van der Waals surface area contributed by atoms with Gasteiger partial charge in [0.05, 0.1) is 0 Å². The summed E-state index contributed by atoms with van der Waals surface area (Å²) in [5, 5.41) is 12.0. The van der Waals surface area contributed by atoms with Crippen molar-refractivity contribution in [2.45, 2.75) is 25.3 Å². The van der Waals surface area contributed by atoms with E-state index in [2.05, 4.69) is 10.2 Å². The summed E-state index contributed by atoms with van der Waals surface area (Å²) < 4.78 is 0.